The highest BCUT2D eigenvalue weighted by Gasteiger charge is 2.44. The van der Waals surface area contributed by atoms with Gasteiger partial charge in [0.1, 0.15) is 11.6 Å². The second-order valence-electron chi connectivity index (χ2n) is 6.41. The van der Waals surface area contributed by atoms with Gasteiger partial charge in [-0.15, -0.1) is 0 Å². The van der Waals surface area contributed by atoms with E-state index in [2.05, 4.69) is 9.72 Å². The van der Waals surface area contributed by atoms with Crippen molar-refractivity contribution in [1.29, 1.82) is 0 Å². The summed E-state index contributed by atoms with van der Waals surface area (Å²) in [6, 6.07) is 4.84. The lowest BCUT2D eigenvalue weighted by Gasteiger charge is -2.22. The fourth-order valence-electron chi connectivity index (χ4n) is 2.52. The number of alkyl halides is 6. The Bertz CT molecular complexity index is 911. The average Bonchev–Trinajstić information content (AvgIpc) is 2.68. The molecule has 1 amide bonds. The molecular weight excluding hydrogens is 457 g/mol. The van der Waals surface area contributed by atoms with E-state index >= 15 is 0 Å². The minimum atomic E-state index is -4.89. The maximum atomic E-state index is 14.0. The van der Waals surface area contributed by atoms with Crippen molar-refractivity contribution in [2.75, 3.05) is 6.54 Å². The average molecular weight is 473 g/mol. The number of aromatic nitrogens is 1. The fraction of sp³-hybridized carbons (Fsp3) is 0.368. The number of carbonyl (C=O) groups is 1. The third kappa shape index (κ3) is 6.46. The molecule has 0 saturated heterocycles. The van der Waals surface area contributed by atoms with E-state index in [4.69, 9.17) is 11.6 Å². The van der Waals surface area contributed by atoms with E-state index in [0.29, 0.717) is 6.07 Å². The number of hydrogen-bond donors (Lipinski definition) is 1. The minimum absolute atomic E-state index is 0.113. The second-order valence-corrected chi connectivity index (χ2v) is 6.84. The lowest BCUT2D eigenvalue weighted by Crippen LogP contribution is -2.41. The zero-order valence-electron chi connectivity index (χ0n) is 15.8. The number of hydrogen-bond acceptors (Lipinski definition) is 3. The summed E-state index contributed by atoms with van der Waals surface area (Å²) in [5.41, 5.74) is -0.0308. The van der Waals surface area contributed by atoms with Crippen LogP contribution in [0.15, 0.2) is 36.5 Å². The van der Waals surface area contributed by atoms with Crippen molar-refractivity contribution in [3.8, 4) is 5.75 Å². The van der Waals surface area contributed by atoms with Gasteiger partial charge >= 0.3 is 18.5 Å². The van der Waals surface area contributed by atoms with E-state index in [-0.39, 0.29) is 16.3 Å². The zero-order valence-corrected chi connectivity index (χ0v) is 16.6. The van der Waals surface area contributed by atoms with Crippen LogP contribution in [0.4, 0.5) is 30.7 Å². The summed E-state index contributed by atoms with van der Waals surface area (Å²) in [6.45, 7) is 0.564. The van der Waals surface area contributed by atoms with Gasteiger partial charge in [0.2, 0.25) is 0 Å². The molecule has 0 aliphatic rings. The van der Waals surface area contributed by atoms with E-state index in [9.17, 15) is 35.5 Å². The number of nitrogens with one attached hydrogen (secondary N) is 1. The van der Waals surface area contributed by atoms with Crippen molar-refractivity contribution in [2.45, 2.75) is 37.7 Å². The molecule has 170 valence electrons. The molecule has 0 spiro atoms. The predicted octanol–water partition coefficient (Wildman–Crippen LogP) is 5.40. The fourth-order valence-corrected chi connectivity index (χ4v) is 2.63. The predicted molar refractivity (Wildman–Crippen MR) is 97.3 cm³/mol. The van der Waals surface area contributed by atoms with Gasteiger partial charge in [-0.3, -0.25) is 9.78 Å². The quantitative estimate of drug-likeness (QED) is 0.497. The molecule has 0 aliphatic carbocycles. The third-order valence-electron chi connectivity index (χ3n) is 4.15. The van der Waals surface area contributed by atoms with Crippen LogP contribution >= 0.6 is 11.6 Å². The van der Waals surface area contributed by atoms with Crippen molar-refractivity contribution in [2.24, 2.45) is 0 Å². The number of nitrogens with zero attached hydrogens (tertiary/aromatic N) is 1. The van der Waals surface area contributed by atoms with E-state index < -0.39 is 54.8 Å². The van der Waals surface area contributed by atoms with Crippen LogP contribution in [0.25, 0.3) is 0 Å². The van der Waals surface area contributed by atoms with Gasteiger partial charge in [-0.2, -0.15) is 26.3 Å². The number of halogens is 8. The molecule has 1 aromatic heterocycles. The Hall–Kier alpha value is -2.56. The van der Waals surface area contributed by atoms with E-state index in [1.54, 1.807) is 0 Å². The van der Waals surface area contributed by atoms with Crippen molar-refractivity contribution < 1.29 is 40.3 Å². The second kappa shape index (κ2) is 9.71. The maximum absolute atomic E-state index is 14.0. The molecule has 0 aliphatic heterocycles. The summed E-state index contributed by atoms with van der Waals surface area (Å²) < 4.78 is 96.3. The Morgan fingerprint density at radius 2 is 1.87 bits per heavy atom. The van der Waals surface area contributed by atoms with Gasteiger partial charge in [0.25, 0.3) is 5.91 Å². The molecule has 1 heterocycles. The standard InChI is InChI=1S/C19H16ClF7N2O2/c1-2-18(24,25)17(30)29-9-14(15-4-3-11(20)8-28-15)10-5-12(21)7-13(6-10)31-19(26,27)16(22)23/h3-8,14,16H,2,9H2,1H3,(H,29,30)/t14-/m0/s1. The van der Waals surface area contributed by atoms with Crippen LogP contribution in [-0.2, 0) is 4.79 Å². The number of rotatable bonds is 9. The number of pyridine rings is 1. The van der Waals surface area contributed by atoms with Gasteiger partial charge in [0.15, 0.2) is 0 Å². The molecule has 1 aromatic carbocycles. The monoisotopic (exact) mass is 472 g/mol. The Morgan fingerprint density at radius 1 is 1.19 bits per heavy atom. The van der Waals surface area contributed by atoms with E-state index in [1.165, 1.54) is 18.3 Å². The van der Waals surface area contributed by atoms with Gasteiger partial charge in [-0.05, 0) is 29.8 Å². The minimum Gasteiger partial charge on any atom is -0.428 e. The molecule has 2 aromatic rings. The van der Waals surface area contributed by atoms with Crippen LogP contribution in [-0.4, -0.2) is 35.9 Å². The van der Waals surface area contributed by atoms with Crippen LogP contribution in [0.2, 0.25) is 5.02 Å². The van der Waals surface area contributed by atoms with Crippen LogP contribution in [0, 0.1) is 5.82 Å². The lowest BCUT2D eigenvalue weighted by molar-refractivity contribution is -0.253. The first-order valence-corrected chi connectivity index (χ1v) is 9.16. The van der Waals surface area contributed by atoms with Crippen LogP contribution in [0.5, 0.6) is 5.75 Å². The highest BCUT2D eigenvalue weighted by Crippen LogP contribution is 2.32. The van der Waals surface area contributed by atoms with Crippen molar-refractivity contribution in [3.05, 3.63) is 58.6 Å². The first-order valence-electron chi connectivity index (χ1n) is 8.78. The molecule has 0 fully saturated rings. The smallest absolute Gasteiger partial charge is 0.428 e. The molecule has 0 bridgehead atoms. The molecule has 0 saturated carbocycles. The van der Waals surface area contributed by atoms with Gasteiger partial charge in [0, 0.05) is 36.8 Å². The summed E-state index contributed by atoms with van der Waals surface area (Å²) in [7, 11) is 0. The first kappa shape index (κ1) is 24.7. The molecule has 12 heteroatoms. The zero-order chi connectivity index (χ0) is 23.4. The number of ether oxygens (including phenoxy) is 1. The van der Waals surface area contributed by atoms with Crippen LogP contribution < -0.4 is 10.1 Å². The summed E-state index contributed by atoms with van der Waals surface area (Å²) in [6.07, 6.45) is -8.66. The van der Waals surface area contributed by atoms with E-state index in [1.807, 2.05) is 5.32 Å². The highest BCUT2D eigenvalue weighted by atomic mass is 35.5. The van der Waals surface area contributed by atoms with Gasteiger partial charge < -0.3 is 10.1 Å². The molecule has 1 atom stereocenters. The summed E-state index contributed by atoms with van der Waals surface area (Å²) in [4.78, 5) is 15.7. The Morgan fingerprint density at radius 3 is 2.42 bits per heavy atom. The highest BCUT2D eigenvalue weighted by molar-refractivity contribution is 6.30. The molecule has 2 rings (SSSR count). The summed E-state index contributed by atoms with van der Waals surface area (Å²) >= 11 is 5.76. The normalized spacial score (nSPS) is 13.2. The Balaban J connectivity index is 2.41. The number of amides is 1. The lowest BCUT2D eigenvalue weighted by atomic mass is 9.94. The van der Waals surface area contributed by atoms with Crippen LogP contribution in [0.3, 0.4) is 0 Å². The Kier molecular flexibility index (Phi) is 7.74. The maximum Gasteiger partial charge on any atom is 0.461 e. The molecule has 0 radical (unpaired) electrons. The van der Waals surface area contributed by atoms with Gasteiger partial charge in [-0.25, -0.2) is 4.39 Å². The SMILES string of the molecule is CCC(F)(F)C(=O)NC[C@@H](c1cc(F)cc(OC(F)(F)C(F)F)c1)c1ccc(Cl)cn1. The van der Waals surface area contributed by atoms with Crippen LogP contribution in [0.1, 0.15) is 30.5 Å². The molecule has 4 nitrogen and oxygen atoms in total. The number of carbonyl (C=O) groups excluding carboxylic acids is 1. The van der Waals surface area contributed by atoms with Gasteiger partial charge in [0.05, 0.1) is 5.02 Å². The third-order valence-corrected chi connectivity index (χ3v) is 4.38. The largest absolute Gasteiger partial charge is 0.461 e. The van der Waals surface area contributed by atoms with Crippen molar-refractivity contribution >= 4 is 17.5 Å². The first-order chi connectivity index (χ1) is 14.4. The van der Waals surface area contributed by atoms with Crippen molar-refractivity contribution in [1.82, 2.24) is 10.3 Å². The Labute approximate surface area is 177 Å². The number of benzene rings is 1. The molecular formula is C19H16ClF7N2O2. The molecule has 1 N–H and O–H groups in total. The molecule has 31 heavy (non-hydrogen) atoms. The molecule has 0 unspecified atom stereocenters. The summed E-state index contributed by atoms with van der Waals surface area (Å²) in [5.74, 6) is -8.45. The topological polar surface area (TPSA) is 51.2 Å². The van der Waals surface area contributed by atoms with Crippen molar-refractivity contribution in [3.63, 3.8) is 0 Å². The summed E-state index contributed by atoms with van der Waals surface area (Å²) in [5, 5.41) is 2.21. The van der Waals surface area contributed by atoms with E-state index in [0.717, 1.165) is 19.1 Å². The van der Waals surface area contributed by atoms with Gasteiger partial charge in [-0.1, -0.05) is 18.5 Å².